The lowest BCUT2D eigenvalue weighted by atomic mass is 10.3. The van der Waals surface area contributed by atoms with Crippen LogP contribution in [0.1, 0.15) is 12.8 Å². The maximum absolute atomic E-state index is 5.86. The number of nitrogens with zero attached hydrogens (tertiary/aromatic N) is 3. The number of nitrogens with one attached hydrogen (secondary N) is 1. The number of guanidine groups is 1. The molecule has 0 aliphatic carbocycles. The lowest BCUT2D eigenvalue weighted by Crippen LogP contribution is -2.39. The van der Waals surface area contributed by atoms with Crippen molar-refractivity contribution in [3.05, 3.63) is 0 Å². The Balaban J connectivity index is 1.96. The van der Waals surface area contributed by atoms with Crippen molar-refractivity contribution in [1.82, 2.24) is 15.1 Å². The first-order valence-corrected chi connectivity index (χ1v) is 8.23. The molecule has 0 atom stereocenters. The summed E-state index contributed by atoms with van der Waals surface area (Å²) in [5.74, 6) is 0.557. The minimum absolute atomic E-state index is 0.557. The molecule has 3 N–H and O–H groups in total. The van der Waals surface area contributed by atoms with Crippen LogP contribution in [0.2, 0.25) is 0 Å². The van der Waals surface area contributed by atoms with Crippen LogP contribution in [0.25, 0.3) is 0 Å². The van der Waals surface area contributed by atoms with Crippen molar-refractivity contribution in [3.8, 4) is 0 Å². The van der Waals surface area contributed by atoms with E-state index >= 15 is 0 Å². The van der Waals surface area contributed by atoms with E-state index in [-0.39, 0.29) is 0 Å². The van der Waals surface area contributed by atoms with Crippen molar-refractivity contribution in [2.45, 2.75) is 12.8 Å². The van der Waals surface area contributed by atoms with Crippen LogP contribution < -0.4 is 11.1 Å². The van der Waals surface area contributed by atoms with Crippen LogP contribution in [0.15, 0.2) is 4.99 Å². The normalized spacial score (nSPS) is 17.1. The molecule has 130 valence electrons. The van der Waals surface area contributed by atoms with Gasteiger partial charge in [-0.15, -0.1) is 0 Å². The summed E-state index contributed by atoms with van der Waals surface area (Å²) in [5, 5.41) is 3.18. The molecule has 0 amide bonds. The molecule has 7 heteroatoms. The van der Waals surface area contributed by atoms with Gasteiger partial charge in [0, 0.05) is 39.8 Å². The fourth-order valence-corrected chi connectivity index (χ4v) is 2.30. The summed E-state index contributed by atoms with van der Waals surface area (Å²) >= 11 is 0. The summed E-state index contributed by atoms with van der Waals surface area (Å²) in [4.78, 5) is 9.02. The predicted octanol–water partition coefficient (Wildman–Crippen LogP) is -0.419. The molecule has 0 bridgehead atoms. The van der Waals surface area contributed by atoms with Crippen LogP contribution in [0.5, 0.6) is 0 Å². The molecular formula is C15H33N5O2. The summed E-state index contributed by atoms with van der Waals surface area (Å²) < 4.78 is 10.4. The lowest BCUT2D eigenvalue weighted by molar-refractivity contribution is 0.0376. The Morgan fingerprint density at radius 3 is 2.82 bits per heavy atom. The Kier molecular flexibility index (Phi) is 11.0. The minimum atomic E-state index is 0.557. The van der Waals surface area contributed by atoms with Gasteiger partial charge in [-0.3, -0.25) is 9.89 Å². The molecule has 1 fully saturated rings. The number of ether oxygens (including phenoxy) is 2. The quantitative estimate of drug-likeness (QED) is 0.306. The van der Waals surface area contributed by atoms with Gasteiger partial charge in [0.2, 0.25) is 0 Å². The fraction of sp³-hybridized carbons (Fsp3) is 0.933. The van der Waals surface area contributed by atoms with Gasteiger partial charge < -0.3 is 25.4 Å². The van der Waals surface area contributed by atoms with E-state index in [9.17, 15) is 0 Å². The van der Waals surface area contributed by atoms with Gasteiger partial charge in [0.25, 0.3) is 0 Å². The van der Waals surface area contributed by atoms with Crippen molar-refractivity contribution < 1.29 is 9.47 Å². The zero-order chi connectivity index (χ0) is 16.0. The lowest BCUT2D eigenvalue weighted by Gasteiger charge is -2.26. The Bertz CT molecular complexity index is 296. The van der Waals surface area contributed by atoms with Crippen LogP contribution in [-0.2, 0) is 9.47 Å². The average Bonchev–Trinajstić information content (AvgIpc) is 2.54. The average molecular weight is 315 g/mol. The van der Waals surface area contributed by atoms with Crippen molar-refractivity contribution in [1.29, 1.82) is 0 Å². The number of nitrogens with two attached hydrogens (primary N) is 1. The van der Waals surface area contributed by atoms with E-state index in [0.29, 0.717) is 5.96 Å². The van der Waals surface area contributed by atoms with Crippen molar-refractivity contribution in [2.75, 3.05) is 79.8 Å². The molecule has 7 nitrogen and oxygen atoms in total. The zero-order valence-corrected chi connectivity index (χ0v) is 14.2. The van der Waals surface area contributed by atoms with E-state index in [2.05, 4.69) is 27.2 Å². The maximum atomic E-state index is 5.86. The highest BCUT2D eigenvalue weighted by Gasteiger charge is 2.08. The van der Waals surface area contributed by atoms with Crippen LogP contribution in [0, 0.1) is 0 Å². The summed E-state index contributed by atoms with van der Waals surface area (Å²) in [5.41, 5.74) is 5.86. The molecule has 1 saturated heterocycles. The van der Waals surface area contributed by atoms with Gasteiger partial charge in [-0.05, 0) is 33.0 Å². The van der Waals surface area contributed by atoms with E-state index in [4.69, 9.17) is 15.2 Å². The third-order valence-electron chi connectivity index (χ3n) is 3.72. The molecule has 22 heavy (non-hydrogen) atoms. The van der Waals surface area contributed by atoms with Crippen molar-refractivity contribution >= 4 is 5.96 Å². The number of aliphatic imine (C=N–C) groups is 1. The fourth-order valence-electron chi connectivity index (χ4n) is 2.30. The molecule has 1 heterocycles. The van der Waals surface area contributed by atoms with Crippen LogP contribution in [0.4, 0.5) is 0 Å². The highest BCUT2D eigenvalue weighted by atomic mass is 16.5. The Hall–Kier alpha value is -0.890. The number of likely N-dealkylation sites (N-methyl/N-ethyl adjacent to an activating group) is 1. The standard InChI is InChI=1S/C15H33N5O2/c1-19(9-12-21-2)7-3-5-17-15(16)18-6-4-8-20-10-13-22-14-11-20/h3-14H2,1-2H3,(H3,16,17,18). The smallest absolute Gasteiger partial charge is 0.188 e. The van der Waals surface area contributed by atoms with Gasteiger partial charge in [0.05, 0.1) is 19.8 Å². The third-order valence-corrected chi connectivity index (χ3v) is 3.72. The summed E-state index contributed by atoms with van der Waals surface area (Å²) in [7, 11) is 3.82. The first-order valence-electron chi connectivity index (χ1n) is 8.23. The molecule has 0 spiro atoms. The van der Waals surface area contributed by atoms with Gasteiger partial charge in [0.1, 0.15) is 0 Å². The Morgan fingerprint density at radius 2 is 2.09 bits per heavy atom. The number of rotatable bonds is 11. The summed E-state index contributed by atoms with van der Waals surface area (Å²) in [6, 6.07) is 0. The van der Waals surface area contributed by atoms with Gasteiger partial charge in [-0.25, -0.2) is 0 Å². The number of hydrogen-bond donors (Lipinski definition) is 2. The highest BCUT2D eigenvalue weighted by Crippen LogP contribution is 1.97. The van der Waals surface area contributed by atoms with E-state index < -0.39 is 0 Å². The summed E-state index contributed by atoms with van der Waals surface area (Å²) in [6.07, 6.45) is 2.09. The third kappa shape index (κ3) is 9.94. The van der Waals surface area contributed by atoms with Gasteiger partial charge in [-0.1, -0.05) is 0 Å². The van der Waals surface area contributed by atoms with Crippen molar-refractivity contribution in [3.63, 3.8) is 0 Å². The first-order chi connectivity index (χ1) is 10.7. The number of hydrogen-bond acceptors (Lipinski definition) is 5. The minimum Gasteiger partial charge on any atom is -0.383 e. The molecule has 0 aromatic carbocycles. The van der Waals surface area contributed by atoms with Gasteiger partial charge in [0.15, 0.2) is 5.96 Å². The molecule has 1 aliphatic rings. The summed E-state index contributed by atoms with van der Waals surface area (Å²) in [6.45, 7) is 9.26. The molecule has 1 aliphatic heterocycles. The molecule has 0 aromatic rings. The second-order valence-electron chi connectivity index (χ2n) is 5.65. The van der Waals surface area contributed by atoms with Crippen LogP contribution >= 0.6 is 0 Å². The second kappa shape index (κ2) is 12.6. The van der Waals surface area contributed by atoms with Gasteiger partial charge >= 0.3 is 0 Å². The first kappa shape index (κ1) is 19.2. The Morgan fingerprint density at radius 1 is 1.32 bits per heavy atom. The highest BCUT2D eigenvalue weighted by molar-refractivity contribution is 5.77. The molecule has 0 unspecified atom stereocenters. The topological polar surface area (TPSA) is 75.3 Å². The molecule has 0 radical (unpaired) electrons. The predicted molar refractivity (Wildman–Crippen MR) is 90.4 cm³/mol. The second-order valence-corrected chi connectivity index (χ2v) is 5.65. The largest absolute Gasteiger partial charge is 0.383 e. The van der Waals surface area contributed by atoms with Gasteiger partial charge in [-0.2, -0.15) is 0 Å². The van der Waals surface area contributed by atoms with E-state index in [1.54, 1.807) is 7.11 Å². The molecule has 0 saturated carbocycles. The molecule has 1 rings (SSSR count). The van der Waals surface area contributed by atoms with E-state index in [1.165, 1.54) is 0 Å². The Labute approximate surface area is 134 Å². The van der Waals surface area contributed by atoms with E-state index in [0.717, 1.165) is 78.5 Å². The van der Waals surface area contributed by atoms with Crippen LogP contribution in [0.3, 0.4) is 0 Å². The SMILES string of the molecule is COCCN(C)CCCN=C(N)NCCCN1CCOCC1. The zero-order valence-electron chi connectivity index (χ0n) is 14.2. The van der Waals surface area contributed by atoms with Crippen molar-refractivity contribution in [2.24, 2.45) is 10.7 Å². The van der Waals surface area contributed by atoms with E-state index in [1.807, 2.05) is 0 Å². The maximum Gasteiger partial charge on any atom is 0.188 e. The van der Waals surface area contributed by atoms with Crippen LogP contribution in [-0.4, -0.2) is 95.6 Å². The monoisotopic (exact) mass is 315 g/mol. The number of methoxy groups -OCH3 is 1. The molecule has 0 aromatic heterocycles. The number of morpholine rings is 1. The molecular weight excluding hydrogens is 282 g/mol.